The van der Waals surface area contributed by atoms with Gasteiger partial charge in [-0.25, -0.2) is 4.98 Å². The first-order chi connectivity index (χ1) is 7.35. The molecule has 0 atom stereocenters. The van der Waals surface area contributed by atoms with Gasteiger partial charge in [0.05, 0.1) is 0 Å². The Hall–Kier alpha value is -1.94. The molecule has 15 heavy (non-hydrogen) atoms. The highest BCUT2D eigenvalue weighted by Gasteiger charge is 2.03. The van der Waals surface area contributed by atoms with Crippen LogP contribution in [0.5, 0.6) is 0 Å². The van der Waals surface area contributed by atoms with Crippen molar-refractivity contribution in [1.82, 2.24) is 9.97 Å². The minimum atomic E-state index is 0.492. The van der Waals surface area contributed by atoms with Crippen LogP contribution in [0.4, 0.5) is 0 Å². The van der Waals surface area contributed by atoms with Gasteiger partial charge in [0.1, 0.15) is 5.65 Å². The van der Waals surface area contributed by atoms with Crippen molar-refractivity contribution < 1.29 is 4.79 Å². The molecule has 2 aromatic rings. The lowest BCUT2D eigenvalue weighted by Gasteiger charge is -1.94. The number of nitrogens with two attached hydrogens (primary N) is 1. The van der Waals surface area contributed by atoms with Gasteiger partial charge in [-0.15, -0.1) is 0 Å². The van der Waals surface area contributed by atoms with E-state index in [0.717, 1.165) is 22.9 Å². The number of fused-ring (bicyclic) bond motifs is 1. The minimum Gasteiger partial charge on any atom is -0.345 e. The molecular formula is C11H11N3O. The fourth-order valence-electron chi connectivity index (χ4n) is 1.43. The maximum Gasteiger partial charge on any atom is 0.152 e. The second-order valence-electron chi connectivity index (χ2n) is 3.16. The van der Waals surface area contributed by atoms with Crippen LogP contribution in [0.3, 0.4) is 0 Å². The Kier molecular flexibility index (Phi) is 2.60. The Morgan fingerprint density at radius 2 is 2.40 bits per heavy atom. The normalized spacial score (nSPS) is 11.3. The van der Waals surface area contributed by atoms with Crippen molar-refractivity contribution >= 4 is 23.4 Å². The predicted molar refractivity (Wildman–Crippen MR) is 59.6 cm³/mol. The van der Waals surface area contributed by atoms with Crippen LogP contribution in [0.25, 0.3) is 17.1 Å². The quantitative estimate of drug-likeness (QED) is 0.736. The van der Waals surface area contributed by atoms with Crippen LogP contribution < -0.4 is 5.73 Å². The van der Waals surface area contributed by atoms with Crippen LogP contribution in [0.1, 0.15) is 15.9 Å². The largest absolute Gasteiger partial charge is 0.345 e. The third kappa shape index (κ3) is 1.80. The van der Waals surface area contributed by atoms with Gasteiger partial charge < -0.3 is 10.7 Å². The molecule has 2 heterocycles. The van der Waals surface area contributed by atoms with Crippen LogP contribution >= 0.6 is 0 Å². The summed E-state index contributed by atoms with van der Waals surface area (Å²) >= 11 is 0. The Morgan fingerprint density at radius 3 is 3.13 bits per heavy atom. The summed E-state index contributed by atoms with van der Waals surface area (Å²) in [6.07, 6.45) is 7.93. The van der Waals surface area contributed by atoms with Gasteiger partial charge in [0.25, 0.3) is 0 Å². The predicted octanol–water partition coefficient (Wildman–Crippen LogP) is 1.35. The molecule has 0 saturated carbocycles. The van der Waals surface area contributed by atoms with Crippen LogP contribution in [0.15, 0.2) is 24.5 Å². The van der Waals surface area contributed by atoms with Crippen molar-refractivity contribution in [2.24, 2.45) is 5.73 Å². The van der Waals surface area contributed by atoms with E-state index in [2.05, 4.69) is 9.97 Å². The fraction of sp³-hybridized carbons (Fsp3) is 0.0909. The summed E-state index contributed by atoms with van der Waals surface area (Å²) in [4.78, 5) is 17.8. The number of rotatable bonds is 3. The molecule has 76 valence electrons. The van der Waals surface area contributed by atoms with Crippen molar-refractivity contribution in [2.45, 2.75) is 0 Å². The maximum atomic E-state index is 10.7. The van der Waals surface area contributed by atoms with Gasteiger partial charge in [0.15, 0.2) is 6.29 Å². The zero-order valence-corrected chi connectivity index (χ0v) is 8.10. The number of hydrogen-bond acceptors (Lipinski definition) is 3. The van der Waals surface area contributed by atoms with Crippen molar-refractivity contribution in [2.75, 3.05) is 6.54 Å². The molecule has 0 saturated heterocycles. The van der Waals surface area contributed by atoms with Gasteiger partial charge in [-0.05, 0) is 11.6 Å². The number of pyridine rings is 1. The molecule has 2 rings (SSSR count). The highest BCUT2D eigenvalue weighted by atomic mass is 16.1. The van der Waals surface area contributed by atoms with Gasteiger partial charge in [-0.2, -0.15) is 0 Å². The summed E-state index contributed by atoms with van der Waals surface area (Å²) < 4.78 is 0. The number of carbonyl (C=O) groups excluding carboxylic acids is 1. The van der Waals surface area contributed by atoms with E-state index < -0.39 is 0 Å². The van der Waals surface area contributed by atoms with Crippen LogP contribution in [0, 0.1) is 0 Å². The summed E-state index contributed by atoms with van der Waals surface area (Å²) in [7, 11) is 0. The van der Waals surface area contributed by atoms with Gasteiger partial charge in [-0.3, -0.25) is 4.79 Å². The number of nitrogens with one attached hydrogen (secondary N) is 1. The van der Waals surface area contributed by atoms with Crippen molar-refractivity contribution in [3.63, 3.8) is 0 Å². The van der Waals surface area contributed by atoms with Gasteiger partial charge in [-0.1, -0.05) is 12.2 Å². The summed E-state index contributed by atoms with van der Waals surface area (Å²) in [5, 5.41) is 0.837. The second-order valence-corrected chi connectivity index (χ2v) is 3.16. The van der Waals surface area contributed by atoms with E-state index in [1.165, 1.54) is 0 Å². The van der Waals surface area contributed by atoms with Crippen molar-refractivity contribution in [1.29, 1.82) is 0 Å². The van der Waals surface area contributed by atoms with Gasteiger partial charge >= 0.3 is 0 Å². The first kappa shape index (κ1) is 9.61. The number of nitrogens with zero attached hydrogens (tertiary/aromatic N) is 1. The molecule has 0 radical (unpaired) electrons. The summed E-state index contributed by atoms with van der Waals surface area (Å²) in [5.74, 6) is 0. The van der Waals surface area contributed by atoms with E-state index >= 15 is 0 Å². The number of aromatic nitrogens is 2. The molecule has 0 aromatic carbocycles. The van der Waals surface area contributed by atoms with E-state index in [9.17, 15) is 4.79 Å². The molecule has 0 fully saturated rings. The molecule has 3 N–H and O–H groups in total. The van der Waals surface area contributed by atoms with E-state index in [0.29, 0.717) is 12.1 Å². The molecular weight excluding hydrogens is 190 g/mol. The molecule has 0 bridgehead atoms. The maximum absolute atomic E-state index is 10.7. The molecule has 4 heteroatoms. The van der Waals surface area contributed by atoms with Crippen molar-refractivity contribution in [3.05, 3.63) is 35.7 Å². The molecule has 0 aliphatic rings. The highest BCUT2D eigenvalue weighted by Crippen LogP contribution is 2.16. The standard InChI is InChI=1S/C11H11N3O/c12-3-1-2-8-4-10-9(7-15)6-14-11(10)13-5-8/h1-2,4-7H,3,12H2,(H,13,14). The van der Waals surface area contributed by atoms with E-state index in [4.69, 9.17) is 5.73 Å². The van der Waals surface area contributed by atoms with E-state index in [-0.39, 0.29) is 0 Å². The highest BCUT2D eigenvalue weighted by molar-refractivity contribution is 5.96. The Morgan fingerprint density at radius 1 is 1.53 bits per heavy atom. The minimum absolute atomic E-state index is 0.492. The Balaban J connectivity index is 2.52. The lowest BCUT2D eigenvalue weighted by molar-refractivity contribution is 0.112. The number of hydrogen-bond donors (Lipinski definition) is 2. The average molecular weight is 201 g/mol. The van der Waals surface area contributed by atoms with Crippen LogP contribution in [0.2, 0.25) is 0 Å². The average Bonchev–Trinajstić information content (AvgIpc) is 2.68. The number of carbonyl (C=O) groups is 1. The zero-order valence-electron chi connectivity index (χ0n) is 8.10. The summed E-state index contributed by atoms with van der Waals surface area (Å²) in [5.41, 5.74) is 7.65. The number of aromatic amines is 1. The SMILES string of the molecule is NCC=Cc1cnc2[nH]cc(C=O)c2c1. The third-order valence-corrected chi connectivity index (χ3v) is 2.16. The van der Waals surface area contributed by atoms with Crippen LogP contribution in [-0.4, -0.2) is 22.8 Å². The lowest BCUT2D eigenvalue weighted by atomic mass is 10.2. The Labute approximate surface area is 86.8 Å². The summed E-state index contributed by atoms with van der Waals surface area (Å²) in [6.45, 7) is 0.492. The Bertz CT molecular complexity index is 514. The molecule has 0 aliphatic carbocycles. The third-order valence-electron chi connectivity index (χ3n) is 2.16. The zero-order chi connectivity index (χ0) is 10.7. The lowest BCUT2D eigenvalue weighted by Crippen LogP contribution is -1.92. The molecule has 0 unspecified atom stereocenters. The molecule has 4 nitrogen and oxygen atoms in total. The van der Waals surface area contributed by atoms with E-state index in [1.807, 2.05) is 18.2 Å². The molecule has 2 aromatic heterocycles. The first-order valence-corrected chi connectivity index (χ1v) is 4.64. The molecule has 0 aliphatic heterocycles. The monoisotopic (exact) mass is 201 g/mol. The molecule has 0 amide bonds. The number of aldehydes is 1. The smallest absolute Gasteiger partial charge is 0.152 e. The van der Waals surface area contributed by atoms with Crippen LogP contribution in [-0.2, 0) is 0 Å². The topological polar surface area (TPSA) is 71.8 Å². The van der Waals surface area contributed by atoms with Crippen molar-refractivity contribution in [3.8, 4) is 0 Å². The molecule has 0 spiro atoms. The number of H-pyrrole nitrogens is 1. The second kappa shape index (κ2) is 4.06. The van der Waals surface area contributed by atoms with Gasteiger partial charge in [0.2, 0.25) is 0 Å². The van der Waals surface area contributed by atoms with E-state index in [1.54, 1.807) is 12.4 Å². The first-order valence-electron chi connectivity index (χ1n) is 4.64. The van der Waals surface area contributed by atoms with Gasteiger partial charge in [0, 0.05) is 29.9 Å². The summed E-state index contributed by atoms with van der Waals surface area (Å²) in [6, 6.07) is 1.91. The fourth-order valence-corrected chi connectivity index (χ4v) is 1.43.